The number of rotatable bonds is 9. The molecule has 1 saturated heterocycles. The van der Waals surface area contributed by atoms with Crippen LogP contribution in [0.15, 0.2) is 30.3 Å². The van der Waals surface area contributed by atoms with Crippen molar-refractivity contribution < 1.29 is 19.1 Å². The van der Waals surface area contributed by atoms with Gasteiger partial charge in [0.2, 0.25) is 5.91 Å². The standard InChI is InChI=1S/C22H31N3O4/c1-3-29-21(28)18-17(25-18)20(27)24-16(14-15-10-6-4-7-11-15)19(26)22(23-2)12-8-5-9-13-22/h4,6-7,10-11,16-18,23,25H,3,5,8-9,12-14H2,1-2H3,(H,24,27)/t16-,17-,18-/m0/s1. The van der Waals surface area contributed by atoms with Gasteiger partial charge < -0.3 is 15.4 Å². The number of ether oxygens (including phenoxy) is 1. The lowest BCUT2D eigenvalue weighted by molar-refractivity contribution is -0.143. The molecule has 29 heavy (non-hydrogen) atoms. The highest BCUT2D eigenvalue weighted by molar-refractivity contribution is 6.00. The summed E-state index contributed by atoms with van der Waals surface area (Å²) in [6.07, 6.45) is 5.08. The molecule has 1 saturated carbocycles. The number of likely N-dealkylation sites (N-methyl/N-ethyl adjacent to an activating group) is 1. The second kappa shape index (κ2) is 9.50. The molecule has 3 atom stereocenters. The van der Waals surface area contributed by atoms with E-state index < -0.39 is 29.6 Å². The first-order valence-electron chi connectivity index (χ1n) is 10.5. The molecule has 2 fully saturated rings. The third-order valence-corrected chi connectivity index (χ3v) is 5.98. The number of Topliss-reactive ketones (excluding diaryl/α,β-unsaturated/α-hetero) is 1. The van der Waals surface area contributed by atoms with E-state index in [2.05, 4.69) is 16.0 Å². The van der Waals surface area contributed by atoms with Crippen LogP contribution in [0.5, 0.6) is 0 Å². The van der Waals surface area contributed by atoms with Crippen molar-refractivity contribution in [1.82, 2.24) is 16.0 Å². The molecule has 0 radical (unpaired) electrons. The molecular formula is C22H31N3O4. The van der Waals surface area contributed by atoms with Crippen LogP contribution in [0.2, 0.25) is 0 Å². The Labute approximate surface area is 172 Å². The molecule has 1 aliphatic heterocycles. The Morgan fingerprint density at radius 2 is 1.83 bits per heavy atom. The van der Waals surface area contributed by atoms with Crippen molar-refractivity contribution in [3.8, 4) is 0 Å². The predicted molar refractivity (Wildman–Crippen MR) is 109 cm³/mol. The van der Waals surface area contributed by atoms with Gasteiger partial charge in [0.1, 0.15) is 12.1 Å². The monoisotopic (exact) mass is 401 g/mol. The highest BCUT2D eigenvalue weighted by atomic mass is 16.5. The molecule has 7 heteroatoms. The third-order valence-electron chi connectivity index (χ3n) is 5.98. The van der Waals surface area contributed by atoms with Crippen LogP contribution >= 0.6 is 0 Å². The van der Waals surface area contributed by atoms with Gasteiger partial charge in [0.25, 0.3) is 0 Å². The van der Waals surface area contributed by atoms with Crippen molar-refractivity contribution in [2.75, 3.05) is 13.7 Å². The SMILES string of the molecule is CCOC(=O)[C@H]1N[C@@H]1C(=O)N[C@@H](Cc1ccccc1)C(=O)C1(NC)CCCCC1. The van der Waals surface area contributed by atoms with Crippen LogP contribution in [0.3, 0.4) is 0 Å². The van der Waals surface area contributed by atoms with E-state index in [1.807, 2.05) is 37.4 Å². The lowest BCUT2D eigenvalue weighted by Crippen LogP contribution is -2.60. The first-order valence-corrected chi connectivity index (χ1v) is 10.5. The zero-order valence-corrected chi connectivity index (χ0v) is 17.2. The van der Waals surface area contributed by atoms with Crippen LogP contribution in [0.25, 0.3) is 0 Å². The van der Waals surface area contributed by atoms with Crippen LogP contribution in [-0.4, -0.2) is 55.0 Å². The molecular weight excluding hydrogens is 370 g/mol. The van der Waals surface area contributed by atoms with Gasteiger partial charge in [0, 0.05) is 0 Å². The van der Waals surface area contributed by atoms with E-state index in [9.17, 15) is 14.4 Å². The van der Waals surface area contributed by atoms with E-state index in [4.69, 9.17) is 4.74 Å². The van der Waals surface area contributed by atoms with Crippen LogP contribution in [0, 0.1) is 0 Å². The Balaban J connectivity index is 1.74. The maximum atomic E-state index is 13.6. The molecule has 0 spiro atoms. The minimum Gasteiger partial charge on any atom is -0.465 e. The first-order chi connectivity index (χ1) is 14.0. The van der Waals surface area contributed by atoms with Crippen LogP contribution in [0.1, 0.15) is 44.6 Å². The Morgan fingerprint density at radius 1 is 1.14 bits per heavy atom. The number of carbonyl (C=O) groups is 3. The second-order valence-electron chi connectivity index (χ2n) is 7.88. The number of benzene rings is 1. The van der Waals surface area contributed by atoms with E-state index in [1.165, 1.54) is 0 Å². The van der Waals surface area contributed by atoms with Crippen LogP contribution in [-0.2, 0) is 25.5 Å². The molecule has 3 N–H and O–H groups in total. The van der Waals surface area contributed by atoms with Crippen molar-refractivity contribution in [2.45, 2.75) is 69.1 Å². The molecule has 3 rings (SSSR count). The lowest BCUT2D eigenvalue weighted by atomic mass is 9.75. The number of esters is 1. The van der Waals surface area contributed by atoms with Gasteiger partial charge in [-0.2, -0.15) is 0 Å². The highest BCUT2D eigenvalue weighted by Gasteiger charge is 2.50. The number of amides is 1. The van der Waals surface area contributed by atoms with Gasteiger partial charge in [-0.05, 0) is 38.8 Å². The van der Waals surface area contributed by atoms with Gasteiger partial charge in [-0.1, -0.05) is 49.6 Å². The normalized spacial score (nSPS) is 23.7. The molecule has 2 aliphatic rings. The Morgan fingerprint density at radius 3 is 2.45 bits per heavy atom. The van der Waals surface area contributed by atoms with Crippen molar-refractivity contribution in [2.24, 2.45) is 0 Å². The maximum absolute atomic E-state index is 13.6. The molecule has 0 unspecified atom stereocenters. The minimum absolute atomic E-state index is 0.0187. The summed E-state index contributed by atoms with van der Waals surface area (Å²) in [6, 6.07) is 7.76. The number of hydrogen-bond donors (Lipinski definition) is 3. The molecule has 1 aromatic rings. The molecule has 1 aromatic carbocycles. The number of hydrogen-bond acceptors (Lipinski definition) is 6. The fourth-order valence-corrected chi connectivity index (χ4v) is 4.23. The van der Waals surface area contributed by atoms with Gasteiger partial charge in [0.15, 0.2) is 5.78 Å². The molecule has 1 heterocycles. The Hall–Kier alpha value is -2.25. The third kappa shape index (κ3) is 5.03. The number of nitrogens with one attached hydrogen (secondary N) is 3. The van der Waals surface area contributed by atoms with Gasteiger partial charge in [-0.25, -0.2) is 0 Å². The lowest BCUT2D eigenvalue weighted by Gasteiger charge is -2.38. The van der Waals surface area contributed by atoms with Crippen LogP contribution < -0.4 is 16.0 Å². The fourth-order valence-electron chi connectivity index (χ4n) is 4.23. The largest absolute Gasteiger partial charge is 0.465 e. The number of ketones is 1. The summed E-state index contributed by atoms with van der Waals surface area (Å²) in [5.41, 5.74) is 0.376. The van der Waals surface area contributed by atoms with Gasteiger partial charge >= 0.3 is 5.97 Å². The zero-order chi connectivity index (χ0) is 20.9. The quantitative estimate of drug-likeness (QED) is 0.423. The Kier molecular flexibility index (Phi) is 7.03. The second-order valence-corrected chi connectivity index (χ2v) is 7.88. The summed E-state index contributed by atoms with van der Waals surface area (Å²) < 4.78 is 4.96. The van der Waals surface area contributed by atoms with E-state index in [-0.39, 0.29) is 18.3 Å². The molecule has 0 aromatic heterocycles. The molecule has 1 amide bonds. The maximum Gasteiger partial charge on any atom is 0.325 e. The van der Waals surface area contributed by atoms with Crippen molar-refractivity contribution >= 4 is 17.7 Å². The predicted octanol–water partition coefficient (Wildman–Crippen LogP) is 1.11. The summed E-state index contributed by atoms with van der Waals surface area (Å²) in [5, 5.41) is 9.02. The summed E-state index contributed by atoms with van der Waals surface area (Å²) in [4.78, 5) is 38.1. The van der Waals surface area contributed by atoms with Crippen LogP contribution in [0.4, 0.5) is 0 Å². The minimum atomic E-state index is -0.652. The van der Waals surface area contributed by atoms with Crippen molar-refractivity contribution in [1.29, 1.82) is 0 Å². The molecule has 0 bridgehead atoms. The van der Waals surface area contributed by atoms with E-state index in [0.717, 1.165) is 37.7 Å². The summed E-state index contributed by atoms with van der Waals surface area (Å²) in [6.45, 7) is 2.00. The van der Waals surface area contributed by atoms with E-state index in [0.29, 0.717) is 6.42 Å². The summed E-state index contributed by atoms with van der Waals surface area (Å²) >= 11 is 0. The van der Waals surface area contributed by atoms with Gasteiger partial charge in [-0.15, -0.1) is 0 Å². The highest BCUT2D eigenvalue weighted by Crippen LogP contribution is 2.30. The van der Waals surface area contributed by atoms with Gasteiger partial charge in [0.05, 0.1) is 18.2 Å². The molecule has 1 aliphatic carbocycles. The average molecular weight is 402 g/mol. The van der Waals surface area contributed by atoms with Gasteiger partial charge in [-0.3, -0.25) is 19.7 Å². The average Bonchev–Trinajstić information content (AvgIpc) is 3.55. The number of carbonyl (C=O) groups excluding carboxylic acids is 3. The fraction of sp³-hybridized carbons (Fsp3) is 0.591. The van der Waals surface area contributed by atoms with Crippen molar-refractivity contribution in [3.05, 3.63) is 35.9 Å². The smallest absolute Gasteiger partial charge is 0.325 e. The van der Waals surface area contributed by atoms with E-state index in [1.54, 1.807) is 6.92 Å². The van der Waals surface area contributed by atoms with E-state index >= 15 is 0 Å². The first kappa shape index (κ1) is 21.5. The molecule has 7 nitrogen and oxygen atoms in total. The summed E-state index contributed by atoms with van der Waals surface area (Å²) in [5.74, 6) is -0.748. The Bertz CT molecular complexity index is 731. The topological polar surface area (TPSA) is 106 Å². The molecule has 158 valence electrons. The van der Waals surface area contributed by atoms with Crippen molar-refractivity contribution in [3.63, 3.8) is 0 Å². The summed E-state index contributed by atoms with van der Waals surface area (Å²) in [7, 11) is 1.82. The zero-order valence-electron chi connectivity index (χ0n) is 17.2.